The minimum absolute atomic E-state index is 0.182. The van der Waals surface area contributed by atoms with Gasteiger partial charge in [-0.05, 0) is 29.5 Å². The average Bonchev–Trinajstić information content (AvgIpc) is 2.68. The van der Waals surface area contributed by atoms with Gasteiger partial charge in [-0.3, -0.25) is 0 Å². The van der Waals surface area contributed by atoms with Gasteiger partial charge in [-0.1, -0.05) is 29.8 Å². The Morgan fingerprint density at radius 2 is 1.89 bits per heavy atom. The van der Waals surface area contributed by atoms with Crippen LogP contribution in [0.3, 0.4) is 0 Å². The van der Waals surface area contributed by atoms with Gasteiger partial charge in [0.2, 0.25) is 0 Å². The summed E-state index contributed by atoms with van der Waals surface area (Å²) in [7, 11) is 0. The summed E-state index contributed by atoms with van der Waals surface area (Å²) in [5.41, 5.74) is -0.284. The fourth-order valence-corrected chi connectivity index (χ4v) is 3.07. The maximum atomic E-state index is 12.9. The van der Waals surface area contributed by atoms with E-state index in [-0.39, 0.29) is 5.56 Å². The average molecular weight is 307 g/mol. The van der Waals surface area contributed by atoms with Crippen molar-refractivity contribution in [3.05, 3.63) is 56.2 Å². The third-order valence-electron chi connectivity index (χ3n) is 2.73. The van der Waals surface area contributed by atoms with Crippen molar-refractivity contribution in [2.75, 3.05) is 0 Å². The van der Waals surface area contributed by atoms with Gasteiger partial charge in [0.15, 0.2) is 0 Å². The minimum Gasteiger partial charge on any atom is -0.383 e. The third-order valence-corrected chi connectivity index (χ3v) is 4.50. The Hall–Kier alpha value is -1.04. The minimum atomic E-state index is -4.50. The summed E-state index contributed by atoms with van der Waals surface area (Å²) in [6.07, 6.45) is -5.87. The van der Waals surface area contributed by atoms with E-state index in [1.165, 1.54) is 18.2 Å². The lowest BCUT2D eigenvalue weighted by Gasteiger charge is -2.17. The predicted molar refractivity (Wildman–Crippen MR) is 69.6 cm³/mol. The molecule has 0 aliphatic heterocycles. The van der Waals surface area contributed by atoms with Gasteiger partial charge in [0.05, 0.1) is 15.5 Å². The zero-order chi connectivity index (χ0) is 14.2. The normalized spacial score (nSPS) is 13.6. The summed E-state index contributed by atoms with van der Waals surface area (Å²) < 4.78 is 38.7. The van der Waals surface area contributed by atoms with Gasteiger partial charge < -0.3 is 5.11 Å². The molecule has 19 heavy (non-hydrogen) atoms. The highest BCUT2D eigenvalue weighted by atomic mass is 35.5. The first-order valence-corrected chi connectivity index (χ1v) is 6.65. The molecule has 1 N–H and O–H groups in total. The van der Waals surface area contributed by atoms with Crippen LogP contribution in [0, 0.1) is 6.92 Å². The number of hydrogen-bond acceptors (Lipinski definition) is 2. The molecule has 0 saturated carbocycles. The summed E-state index contributed by atoms with van der Waals surface area (Å²) in [6.45, 7) is 1.74. The lowest BCUT2D eigenvalue weighted by atomic mass is 10.0. The van der Waals surface area contributed by atoms with Gasteiger partial charge in [0, 0.05) is 0 Å². The zero-order valence-electron chi connectivity index (χ0n) is 9.83. The number of rotatable bonds is 2. The Morgan fingerprint density at radius 3 is 2.42 bits per heavy atom. The predicted octanol–water partition coefficient (Wildman–Crippen LogP) is 4.81. The molecule has 0 radical (unpaired) electrons. The van der Waals surface area contributed by atoms with Gasteiger partial charge in [-0.25, -0.2) is 0 Å². The largest absolute Gasteiger partial charge is 0.416 e. The number of benzene rings is 1. The molecule has 0 fully saturated rings. The molecule has 0 saturated heterocycles. The Balaban J connectivity index is 2.51. The molecular formula is C13H10ClF3OS. The highest BCUT2D eigenvalue weighted by molar-refractivity contribution is 7.10. The number of aliphatic hydroxyl groups excluding tert-OH is 1. The number of aliphatic hydroxyl groups is 1. The van der Waals surface area contributed by atoms with Crippen LogP contribution < -0.4 is 0 Å². The van der Waals surface area contributed by atoms with Crippen LogP contribution in [0.1, 0.15) is 27.7 Å². The number of alkyl halides is 3. The summed E-state index contributed by atoms with van der Waals surface area (Å²) in [5, 5.41) is 12.2. The molecular weight excluding hydrogens is 297 g/mol. The van der Waals surface area contributed by atoms with E-state index in [9.17, 15) is 18.3 Å². The van der Waals surface area contributed by atoms with Crippen molar-refractivity contribution >= 4 is 22.9 Å². The Labute approximate surface area is 117 Å². The molecule has 0 bridgehead atoms. The quantitative estimate of drug-likeness (QED) is 0.844. The van der Waals surface area contributed by atoms with Crippen molar-refractivity contribution in [2.45, 2.75) is 19.2 Å². The van der Waals surface area contributed by atoms with Crippen LogP contribution in [-0.2, 0) is 6.18 Å². The fourth-order valence-electron chi connectivity index (χ4n) is 1.77. The van der Waals surface area contributed by atoms with Crippen molar-refractivity contribution in [3.63, 3.8) is 0 Å². The molecule has 0 spiro atoms. The molecule has 2 aromatic rings. The SMILES string of the molecule is Cc1csc(C(O)c2ccccc2C(F)(F)F)c1Cl. The van der Waals surface area contributed by atoms with E-state index >= 15 is 0 Å². The number of aryl methyl sites for hydroxylation is 1. The van der Waals surface area contributed by atoms with Crippen LogP contribution in [0.5, 0.6) is 0 Å². The molecule has 0 aliphatic carbocycles. The van der Waals surface area contributed by atoms with Crippen LogP contribution >= 0.6 is 22.9 Å². The van der Waals surface area contributed by atoms with Gasteiger partial charge in [0.25, 0.3) is 0 Å². The molecule has 1 aromatic heterocycles. The van der Waals surface area contributed by atoms with E-state index in [0.717, 1.165) is 23.0 Å². The second kappa shape index (κ2) is 5.15. The molecule has 1 nitrogen and oxygen atoms in total. The van der Waals surface area contributed by atoms with Crippen LogP contribution in [0.2, 0.25) is 5.02 Å². The highest BCUT2D eigenvalue weighted by Gasteiger charge is 2.35. The molecule has 0 amide bonds. The molecule has 0 aliphatic rings. The van der Waals surface area contributed by atoms with Gasteiger partial charge in [-0.2, -0.15) is 13.2 Å². The maximum absolute atomic E-state index is 12.9. The van der Waals surface area contributed by atoms with Crippen molar-refractivity contribution in [3.8, 4) is 0 Å². The Kier molecular flexibility index (Phi) is 3.90. The summed E-state index contributed by atoms with van der Waals surface area (Å²) >= 11 is 7.14. The topological polar surface area (TPSA) is 20.2 Å². The van der Waals surface area contributed by atoms with Crippen LogP contribution in [0.15, 0.2) is 29.6 Å². The van der Waals surface area contributed by atoms with Gasteiger partial charge in [0.1, 0.15) is 6.10 Å². The summed E-state index contributed by atoms with van der Waals surface area (Å²) in [4.78, 5) is 0.330. The molecule has 6 heteroatoms. The van der Waals surface area contributed by atoms with E-state index in [0.29, 0.717) is 9.90 Å². The van der Waals surface area contributed by atoms with Crippen molar-refractivity contribution in [1.29, 1.82) is 0 Å². The molecule has 1 unspecified atom stereocenters. The van der Waals surface area contributed by atoms with Crippen molar-refractivity contribution in [1.82, 2.24) is 0 Å². The smallest absolute Gasteiger partial charge is 0.383 e. The van der Waals surface area contributed by atoms with E-state index in [4.69, 9.17) is 11.6 Å². The molecule has 102 valence electrons. The first-order chi connectivity index (χ1) is 8.82. The molecule has 1 aromatic carbocycles. The second-order valence-corrected chi connectivity index (χ2v) is 5.37. The van der Waals surface area contributed by atoms with Crippen molar-refractivity contribution in [2.24, 2.45) is 0 Å². The lowest BCUT2D eigenvalue weighted by molar-refractivity contribution is -0.138. The van der Waals surface area contributed by atoms with Crippen molar-refractivity contribution < 1.29 is 18.3 Å². The fraction of sp³-hybridized carbons (Fsp3) is 0.231. The van der Waals surface area contributed by atoms with Crippen LogP contribution in [-0.4, -0.2) is 5.11 Å². The molecule has 1 heterocycles. The first-order valence-electron chi connectivity index (χ1n) is 5.40. The van der Waals surface area contributed by atoms with E-state index in [1.54, 1.807) is 12.3 Å². The number of halogens is 4. The number of hydrogen-bond donors (Lipinski definition) is 1. The zero-order valence-corrected chi connectivity index (χ0v) is 11.4. The highest BCUT2D eigenvalue weighted by Crippen LogP contribution is 2.40. The van der Waals surface area contributed by atoms with Gasteiger partial charge in [-0.15, -0.1) is 11.3 Å². The van der Waals surface area contributed by atoms with Crippen LogP contribution in [0.4, 0.5) is 13.2 Å². The third kappa shape index (κ3) is 2.78. The van der Waals surface area contributed by atoms with E-state index < -0.39 is 17.8 Å². The second-order valence-electron chi connectivity index (χ2n) is 4.08. The van der Waals surface area contributed by atoms with E-state index in [2.05, 4.69) is 0 Å². The summed E-state index contributed by atoms with van der Waals surface area (Å²) in [5.74, 6) is 0. The first kappa shape index (κ1) is 14.4. The Morgan fingerprint density at radius 1 is 1.26 bits per heavy atom. The standard InChI is InChI=1S/C13H10ClF3OS/c1-7-6-19-12(10(7)14)11(18)8-4-2-3-5-9(8)13(15,16)17/h2-6,11,18H,1H3. The van der Waals surface area contributed by atoms with Crippen LogP contribution in [0.25, 0.3) is 0 Å². The lowest BCUT2D eigenvalue weighted by Crippen LogP contribution is -2.12. The molecule has 2 rings (SSSR count). The number of thiophene rings is 1. The van der Waals surface area contributed by atoms with E-state index in [1.807, 2.05) is 0 Å². The molecule has 1 atom stereocenters. The Bertz CT molecular complexity index is 592. The van der Waals surface area contributed by atoms with Gasteiger partial charge >= 0.3 is 6.18 Å². The summed E-state index contributed by atoms with van der Waals surface area (Å²) in [6, 6.07) is 4.97. The monoisotopic (exact) mass is 306 g/mol. The maximum Gasteiger partial charge on any atom is 0.416 e.